The first-order valence-corrected chi connectivity index (χ1v) is 7.89. The Bertz CT molecular complexity index is 511. The Hall–Kier alpha value is -1.75. The lowest BCUT2D eigenvalue weighted by molar-refractivity contribution is 0.0257. The molecule has 0 unspecified atom stereocenters. The molecule has 0 aromatic heterocycles. The van der Waals surface area contributed by atoms with E-state index in [0.717, 1.165) is 43.9 Å². The van der Waals surface area contributed by atoms with E-state index >= 15 is 0 Å². The molecular formula is C17H27N3O2. The van der Waals surface area contributed by atoms with Crippen molar-refractivity contribution < 1.29 is 9.53 Å². The normalized spacial score (nSPS) is 17.1. The van der Waals surface area contributed by atoms with Crippen LogP contribution in [0, 0.1) is 0 Å². The number of anilines is 1. The number of hydrogen-bond donors (Lipinski definition) is 1. The van der Waals surface area contributed by atoms with Gasteiger partial charge in [-0.25, -0.2) is 4.79 Å². The maximum atomic E-state index is 12.2. The largest absolute Gasteiger partial charge is 0.444 e. The lowest BCUT2D eigenvalue weighted by Gasteiger charge is -2.26. The molecule has 2 N–H and O–H groups in total. The van der Waals surface area contributed by atoms with Crippen molar-refractivity contribution in [1.29, 1.82) is 0 Å². The number of amides is 1. The minimum absolute atomic E-state index is 0.214. The summed E-state index contributed by atoms with van der Waals surface area (Å²) in [6.45, 7) is 9.76. The predicted molar refractivity (Wildman–Crippen MR) is 88.6 cm³/mol. The third-order valence-corrected chi connectivity index (χ3v) is 3.69. The number of nitrogen functional groups attached to an aromatic ring is 1. The third kappa shape index (κ3) is 4.91. The maximum Gasteiger partial charge on any atom is 0.410 e. The van der Waals surface area contributed by atoms with Crippen molar-refractivity contribution in [3.05, 3.63) is 29.8 Å². The van der Waals surface area contributed by atoms with Gasteiger partial charge in [0.1, 0.15) is 5.60 Å². The van der Waals surface area contributed by atoms with Crippen LogP contribution in [-0.2, 0) is 11.3 Å². The van der Waals surface area contributed by atoms with Crippen LogP contribution in [0.25, 0.3) is 0 Å². The minimum atomic E-state index is -0.443. The Morgan fingerprint density at radius 1 is 1.18 bits per heavy atom. The Labute approximate surface area is 133 Å². The van der Waals surface area contributed by atoms with Gasteiger partial charge in [0.25, 0.3) is 0 Å². The third-order valence-electron chi connectivity index (χ3n) is 3.69. The van der Waals surface area contributed by atoms with E-state index in [1.165, 1.54) is 0 Å². The van der Waals surface area contributed by atoms with Gasteiger partial charge in [-0.1, -0.05) is 18.2 Å². The lowest BCUT2D eigenvalue weighted by atomic mass is 10.1. The topological polar surface area (TPSA) is 58.8 Å². The zero-order valence-electron chi connectivity index (χ0n) is 13.8. The number of nitrogens with zero attached hydrogens (tertiary/aromatic N) is 2. The lowest BCUT2D eigenvalue weighted by Crippen LogP contribution is -2.39. The quantitative estimate of drug-likeness (QED) is 0.854. The molecule has 1 saturated heterocycles. The van der Waals surface area contributed by atoms with Gasteiger partial charge in [0.15, 0.2) is 0 Å². The van der Waals surface area contributed by atoms with E-state index < -0.39 is 5.60 Å². The predicted octanol–water partition coefficient (Wildman–Crippen LogP) is 2.71. The molecule has 2 rings (SSSR count). The van der Waals surface area contributed by atoms with Gasteiger partial charge in [-0.15, -0.1) is 0 Å². The fraction of sp³-hybridized carbons (Fsp3) is 0.588. The Kier molecular flexibility index (Phi) is 5.29. The average molecular weight is 305 g/mol. The van der Waals surface area contributed by atoms with Crippen molar-refractivity contribution in [1.82, 2.24) is 9.80 Å². The number of carbonyl (C=O) groups is 1. The maximum absolute atomic E-state index is 12.2. The summed E-state index contributed by atoms with van der Waals surface area (Å²) in [6, 6.07) is 7.95. The number of ether oxygens (including phenoxy) is 1. The molecule has 0 atom stereocenters. The number of nitrogens with two attached hydrogens (primary N) is 1. The van der Waals surface area contributed by atoms with Crippen LogP contribution in [0.15, 0.2) is 24.3 Å². The molecule has 1 amide bonds. The summed E-state index contributed by atoms with van der Waals surface area (Å²) >= 11 is 0. The molecule has 1 aliphatic rings. The highest BCUT2D eigenvalue weighted by Gasteiger charge is 2.24. The molecule has 1 heterocycles. The summed E-state index contributed by atoms with van der Waals surface area (Å²) in [7, 11) is 0. The second-order valence-corrected chi connectivity index (χ2v) is 6.80. The average Bonchev–Trinajstić information content (AvgIpc) is 2.65. The summed E-state index contributed by atoms with van der Waals surface area (Å²) in [5, 5.41) is 0. The van der Waals surface area contributed by atoms with Crippen LogP contribution in [0.5, 0.6) is 0 Å². The minimum Gasteiger partial charge on any atom is -0.444 e. The van der Waals surface area contributed by atoms with Gasteiger partial charge in [0.05, 0.1) is 0 Å². The molecule has 122 valence electrons. The summed E-state index contributed by atoms with van der Waals surface area (Å²) < 4.78 is 5.45. The monoisotopic (exact) mass is 305 g/mol. The number of benzene rings is 1. The van der Waals surface area contributed by atoms with E-state index in [1.807, 2.05) is 39.0 Å². The first kappa shape index (κ1) is 16.6. The van der Waals surface area contributed by atoms with Crippen molar-refractivity contribution in [2.24, 2.45) is 0 Å². The molecule has 5 heteroatoms. The molecule has 22 heavy (non-hydrogen) atoms. The highest BCUT2D eigenvalue weighted by atomic mass is 16.6. The van der Waals surface area contributed by atoms with Crippen molar-refractivity contribution in [3.8, 4) is 0 Å². The van der Waals surface area contributed by atoms with Crippen LogP contribution in [0.2, 0.25) is 0 Å². The molecule has 0 bridgehead atoms. The summed E-state index contributed by atoms with van der Waals surface area (Å²) in [4.78, 5) is 16.3. The fourth-order valence-corrected chi connectivity index (χ4v) is 2.56. The van der Waals surface area contributed by atoms with Crippen LogP contribution >= 0.6 is 0 Å². The van der Waals surface area contributed by atoms with E-state index in [0.29, 0.717) is 6.54 Å². The first-order chi connectivity index (χ1) is 10.3. The van der Waals surface area contributed by atoms with Crippen molar-refractivity contribution in [2.75, 3.05) is 31.9 Å². The molecule has 1 fully saturated rings. The van der Waals surface area contributed by atoms with Crippen LogP contribution in [0.1, 0.15) is 32.8 Å². The van der Waals surface area contributed by atoms with Crippen molar-refractivity contribution >= 4 is 11.8 Å². The van der Waals surface area contributed by atoms with E-state index in [2.05, 4.69) is 11.0 Å². The van der Waals surface area contributed by atoms with Gasteiger partial charge in [0, 0.05) is 38.4 Å². The number of hydrogen-bond acceptors (Lipinski definition) is 4. The summed E-state index contributed by atoms with van der Waals surface area (Å²) in [5.74, 6) is 0. The molecule has 5 nitrogen and oxygen atoms in total. The highest BCUT2D eigenvalue weighted by molar-refractivity contribution is 5.68. The zero-order valence-corrected chi connectivity index (χ0v) is 13.8. The van der Waals surface area contributed by atoms with E-state index in [-0.39, 0.29) is 6.09 Å². The number of para-hydroxylation sites is 1. The van der Waals surface area contributed by atoms with Gasteiger partial charge in [0.2, 0.25) is 0 Å². The number of carbonyl (C=O) groups excluding carboxylic acids is 1. The molecule has 0 spiro atoms. The van der Waals surface area contributed by atoms with Gasteiger partial charge in [-0.2, -0.15) is 0 Å². The van der Waals surface area contributed by atoms with Crippen molar-refractivity contribution in [3.63, 3.8) is 0 Å². The van der Waals surface area contributed by atoms with Gasteiger partial charge < -0.3 is 15.4 Å². The Morgan fingerprint density at radius 2 is 1.91 bits per heavy atom. The van der Waals surface area contributed by atoms with Crippen LogP contribution in [-0.4, -0.2) is 47.7 Å². The van der Waals surface area contributed by atoms with Crippen LogP contribution < -0.4 is 5.73 Å². The summed E-state index contributed by atoms with van der Waals surface area (Å²) in [5.41, 5.74) is 7.54. The molecule has 0 aliphatic carbocycles. The molecule has 1 aromatic carbocycles. The zero-order chi connectivity index (χ0) is 16.2. The fourth-order valence-electron chi connectivity index (χ4n) is 2.56. The van der Waals surface area contributed by atoms with E-state index in [9.17, 15) is 4.79 Å². The Balaban J connectivity index is 1.90. The molecule has 1 aliphatic heterocycles. The van der Waals surface area contributed by atoms with Gasteiger partial charge in [-0.3, -0.25) is 4.90 Å². The molecule has 0 saturated carbocycles. The second-order valence-electron chi connectivity index (χ2n) is 6.80. The standard InChI is InChI=1S/C17H27N3O2/c1-17(2,3)22-16(21)20-10-6-9-19(11-12-20)13-14-7-4-5-8-15(14)18/h4-5,7-8H,6,9-13,18H2,1-3H3. The molecule has 1 aromatic rings. The van der Waals surface area contributed by atoms with E-state index in [4.69, 9.17) is 10.5 Å². The molecular weight excluding hydrogens is 278 g/mol. The van der Waals surface area contributed by atoms with Crippen LogP contribution in [0.3, 0.4) is 0 Å². The second kappa shape index (κ2) is 7.01. The van der Waals surface area contributed by atoms with Crippen molar-refractivity contribution in [2.45, 2.75) is 39.3 Å². The Morgan fingerprint density at radius 3 is 2.59 bits per heavy atom. The summed E-state index contributed by atoms with van der Waals surface area (Å²) in [6.07, 6.45) is 0.736. The van der Waals surface area contributed by atoms with Crippen LogP contribution in [0.4, 0.5) is 10.5 Å². The SMILES string of the molecule is CC(C)(C)OC(=O)N1CCCN(Cc2ccccc2N)CC1. The molecule has 0 radical (unpaired) electrons. The smallest absolute Gasteiger partial charge is 0.410 e. The first-order valence-electron chi connectivity index (χ1n) is 7.89. The van der Waals surface area contributed by atoms with Gasteiger partial charge in [-0.05, 0) is 38.8 Å². The van der Waals surface area contributed by atoms with E-state index in [1.54, 1.807) is 4.90 Å². The van der Waals surface area contributed by atoms with Gasteiger partial charge >= 0.3 is 6.09 Å². The highest BCUT2D eigenvalue weighted by Crippen LogP contribution is 2.16. The number of rotatable bonds is 2.